The number of hydrogen-bond acceptors (Lipinski definition) is 6. The smallest absolute Gasteiger partial charge is 0.345 e. The van der Waals surface area contributed by atoms with Gasteiger partial charge in [-0.3, -0.25) is 0 Å². The molecule has 0 radical (unpaired) electrons. The molecule has 0 aliphatic carbocycles. The molecule has 6 heteroatoms. The summed E-state index contributed by atoms with van der Waals surface area (Å²) >= 11 is 0. The molecule has 1 heterocycles. The highest BCUT2D eigenvalue weighted by Crippen LogP contribution is 2.32. The first-order chi connectivity index (χ1) is 7.52. The number of anilines is 1. The van der Waals surface area contributed by atoms with Crippen LogP contribution in [-0.4, -0.2) is 17.0 Å². The fraction of sp³-hybridized carbons (Fsp3) is 0.300. The summed E-state index contributed by atoms with van der Waals surface area (Å²) in [6.45, 7) is 3.30. The van der Waals surface area contributed by atoms with Crippen LogP contribution in [0.5, 0.6) is 5.75 Å². The molecule has 2 N–H and O–H groups in total. The highest BCUT2D eigenvalue weighted by atomic mass is 17.2. The van der Waals surface area contributed by atoms with Crippen molar-refractivity contribution in [2.45, 2.75) is 19.6 Å². The van der Waals surface area contributed by atoms with Gasteiger partial charge in [0.2, 0.25) is 5.79 Å². The quantitative estimate of drug-likeness (QED) is 0.454. The zero-order chi connectivity index (χ0) is 11.8. The fourth-order valence-corrected chi connectivity index (χ4v) is 1.46. The van der Waals surface area contributed by atoms with Crippen molar-refractivity contribution >= 4 is 11.7 Å². The molecule has 0 spiro atoms. The molecule has 0 aromatic heterocycles. The van der Waals surface area contributed by atoms with Gasteiger partial charge in [-0.05, 0) is 18.2 Å². The van der Waals surface area contributed by atoms with Gasteiger partial charge in [0.15, 0.2) is 0 Å². The number of carbonyl (C=O) groups excluding carboxylic acids is 1. The van der Waals surface area contributed by atoms with E-state index in [1.54, 1.807) is 26.0 Å². The number of esters is 1. The van der Waals surface area contributed by atoms with Gasteiger partial charge in [0, 0.05) is 13.8 Å². The summed E-state index contributed by atoms with van der Waals surface area (Å²) in [6.07, 6.45) is 0. The Labute approximate surface area is 91.6 Å². The molecule has 0 saturated carbocycles. The number of fused-ring (bicyclic) bond motifs is 1. The minimum absolute atomic E-state index is 0.279. The molecule has 0 amide bonds. The van der Waals surface area contributed by atoms with Crippen molar-refractivity contribution in [3.05, 3.63) is 23.8 Å². The van der Waals surface area contributed by atoms with Gasteiger partial charge >= 0.3 is 5.97 Å². The topological polar surface area (TPSA) is 77.0 Å². The van der Waals surface area contributed by atoms with Crippen molar-refractivity contribution < 1.29 is 24.5 Å². The van der Waals surface area contributed by atoms with E-state index in [4.69, 9.17) is 14.7 Å². The summed E-state index contributed by atoms with van der Waals surface area (Å²) in [5.74, 6) is -1.01. The molecule has 6 nitrogen and oxygen atoms in total. The van der Waals surface area contributed by atoms with E-state index in [0.29, 0.717) is 11.4 Å². The van der Waals surface area contributed by atoms with Crippen LogP contribution in [0.3, 0.4) is 0 Å². The average molecular weight is 225 g/mol. The van der Waals surface area contributed by atoms with Gasteiger partial charge in [0.1, 0.15) is 11.3 Å². The molecule has 0 saturated heterocycles. The molecular weight excluding hydrogens is 214 g/mol. The molecule has 16 heavy (non-hydrogen) atoms. The van der Waals surface area contributed by atoms with Crippen molar-refractivity contribution in [3.8, 4) is 5.75 Å². The highest BCUT2D eigenvalue weighted by molar-refractivity contribution is 5.94. The van der Waals surface area contributed by atoms with Crippen molar-refractivity contribution in [1.29, 1.82) is 0 Å². The second-order valence-electron chi connectivity index (χ2n) is 3.80. The van der Waals surface area contributed by atoms with E-state index in [1.165, 1.54) is 6.07 Å². The minimum atomic E-state index is -0.966. The maximum atomic E-state index is 11.6. The van der Waals surface area contributed by atoms with E-state index in [2.05, 4.69) is 10.5 Å². The second-order valence-corrected chi connectivity index (χ2v) is 3.80. The van der Waals surface area contributed by atoms with Crippen LogP contribution in [-0.2, 0) is 9.73 Å². The fourth-order valence-electron chi connectivity index (χ4n) is 1.46. The number of rotatable bonds is 2. The van der Waals surface area contributed by atoms with Crippen LogP contribution < -0.4 is 10.2 Å². The van der Waals surface area contributed by atoms with Crippen LogP contribution in [0.1, 0.15) is 24.2 Å². The lowest BCUT2D eigenvalue weighted by atomic mass is 10.1. The van der Waals surface area contributed by atoms with Crippen LogP contribution >= 0.6 is 0 Å². The summed E-state index contributed by atoms with van der Waals surface area (Å²) in [7, 11) is 0. The molecule has 0 fully saturated rings. The SMILES string of the molecule is CC1(C)OC(=O)c2cc(NOO)ccc2O1. The van der Waals surface area contributed by atoms with E-state index in [-0.39, 0.29) is 5.56 Å². The minimum Gasteiger partial charge on any atom is -0.452 e. The maximum absolute atomic E-state index is 11.6. The predicted molar refractivity (Wildman–Crippen MR) is 53.9 cm³/mol. The Morgan fingerprint density at radius 1 is 1.38 bits per heavy atom. The molecule has 0 bridgehead atoms. The third kappa shape index (κ3) is 1.93. The van der Waals surface area contributed by atoms with Crippen molar-refractivity contribution in [2.75, 3.05) is 5.48 Å². The number of cyclic esters (lactones) is 1. The first kappa shape index (κ1) is 10.7. The van der Waals surface area contributed by atoms with Crippen LogP contribution in [0.2, 0.25) is 0 Å². The molecule has 1 aromatic rings. The van der Waals surface area contributed by atoms with E-state index < -0.39 is 11.8 Å². The standard InChI is InChI=1S/C10H11NO5/c1-10(2)14-8-4-3-6(11-16-13)5-7(8)9(12)15-10/h3-5,11,13H,1-2H3. The first-order valence-electron chi connectivity index (χ1n) is 4.65. The summed E-state index contributed by atoms with van der Waals surface area (Å²) in [6, 6.07) is 4.66. The van der Waals surface area contributed by atoms with E-state index in [9.17, 15) is 4.79 Å². The van der Waals surface area contributed by atoms with E-state index in [1.807, 2.05) is 0 Å². The lowest BCUT2D eigenvalue weighted by Crippen LogP contribution is -2.38. The third-order valence-electron chi connectivity index (χ3n) is 2.06. The normalized spacial score (nSPS) is 17.1. The van der Waals surface area contributed by atoms with Crippen LogP contribution in [0.15, 0.2) is 18.2 Å². The van der Waals surface area contributed by atoms with Crippen molar-refractivity contribution in [2.24, 2.45) is 0 Å². The summed E-state index contributed by atoms with van der Waals surface area (Å²) in [5, 5.41) is 8.21. The average Bonchev–Trinajstić information content (AvgIpc) is 2.18. The predicted octanol–water partition coefficient (Wildman–Crippen LogP) is 1.79. The number of hydrogen-bond donors (Lipinski definition) is 2. The van der Waals surface area contributed by atoms with Gasteiger partial charge in [0.25, 0.3) is 0 Å². The van der Waals surface area contributed by atoms with Gasteiger partial charge in [0.05, 0.1) is 5.69 Å². The number of carbonyl (C=O) groups is 1. The Kier molecular flexibility index (Phi) is 2.45. The molecule has 1 aromatic carbocycles. The second kappa shape index (κ2) is 3.66. The van der Waals surface area contributed by atoms with Crippen LogP contribution in [0.4, 0.5) is 5.69 Å². The van der Waals surface area contributed by atoms with Crippen LogP contribution in [0, 0.1) is 0 Å². The third-order valence-corrected chi connectivity index (χ3v) is 2.06. The molecule has 1 aliphatic heterocycles. The molecule has 0 unspecified atom stereocenters. The van der Waals surface area contributed by atoms with Gasteiger partial charge in [-0.1, -0.05) is 0 Å². The van der Waals surface area contributed by atoms with Gasteiger partial charge in [-0.2, -0.15) is 0 Å². The Morgan fingerprint density at radius 3 is 2.81 bits per heavy atom. The molecule has 2 rings (SSSR count). The summed E-state index contributed by atoms with van der Waals surface area (Å²) in [4.78, 5) is 15.4. The summed E-state index contributed by atoms with van der Waals surface area (Å²) < 4.78 is 10.5. The Bertz CT molecular complexity index is 429. The summed E-state index contributed by atoms with van der Waals surface area (Å²) in [5.41, 5.74) is 2.89. The number of ether oxygens (including phenoxy) is 2. The van der Waals surface area contributed by atoms with Crippen molar-refractivity contribution in [3.63, 3.8) is 0 Å². The molecular formula is C10H11NO5. The monoisotopic (exact) mass is 225 g/mol. The zero-order valence-electron chi connectivity index (χ0n) is 8.81. The van der Waals surface area contributed by atoms with Gasteiger partial charge < -0.3 is 9.47 Å². The van der Waals surface area contributed by atoms with Crippen LogP contribution in [0.25, 0.3) is 0 Å². The lowest BCUT2D eigenvalue weighted by Gasteiger charge is -2.31. The first-order valence-corrected chi connectivity index (χ1v) is 4.65. The number of benzene rings is 1. The van der Waals surface area contributed by atoms with E-state index in [0.717, 1.165) is 0 Å². The molecule has 86 valence electrons. The molecule has 1 aliphatic rings. The van der Waals surface area contributed by atoms with Crippen molar-refractivity contribution in [1.82, 2.24) is 0 Å². The maximum Gasteiger partial charge on any atom is 0.345 e. The lowest BCUT2D eigenvalue weighted by molar-refractivity contribution is -0.215. The number of nitrogens with one attached hydrogen (secondary N) is 1. The zero-order valence-corrected chi connectivity index (χ0v) is 8.81. The Hall–Kier alpha value is -1.79. The highest BCUT2D eigenvalue weighted by Gasteiger charge is 2.33. The largest absolute Gasteiger partial charge is 0.452 e. The Morgan fingerprint density at radius 2 is 2.12 bits per heavy atom. The van der Waals surface area contributed by atoms with Gasteiger partial charge in [-0.25, -0.2) is 15.5 Å². The Balaban J connectivity index is 2.37. The molecule has 0 atom stereocenters. The van der Waals surface area contributed by atoms with Gasteiger partial charge in [-0.15, -0.1) is 4.99 Å². The van der Waals surface area contributed by atoms with E-state index >= 15 is 0 Å².